The molecule has 1 saturated heterocycles. The molecule has 0 bridgehead atoms. The van der Waals surface area contributed by atoms with E-state index in [1.54, 1.807) is 12.1 Å². The van der Waals surface area contributed by atoms with Gasteiger partial charge in [0.2, 0.25) is 5.91 Å². The van der Waals surface area contributed by atoms with Crippen molar-refractivity contribution in [3.05, 3.63) is 54.1 Å². The number of para-hydroxylation sites is 3. The highest BCUT2D eigenvalue weighted by Gasteiger charge is 2.41. The molecule has 2 aromatic carbocycles. The van der Waals surface area contributed by atoms with Crippen LogP contribution in [0.2, 0.25) is 0 Å². The molecule has 10 heteroatoms. The van der Waals surface area contributed by atoms with Gasteiger partial charge in [-0.25, -0.2) is 9.69 Å². The third-order valence-corrected chi connectivity index (χ3v) is 4.10. The molecule has 150 valence electrons. The van der Waals surface area contributed by atoms with Crippen LogP contribution < -0.4 is 15.0 Å². The van der Waals surface area contributed by atoms with Crippen LogP contribution in [0.4, 0.5) is 29.3 Å². The number of carbonyl (C=O) groups is 3. The van der Waals surface area contributed by atoms with Crippen LogP contribution in [0.25, 0.3) is 0 Å². The molecule has 0 spiro atoms. The number of alkyl halides is 3. The van der Waals surface area contributed by atoms with E-state index in [9.17, 15) is 27.6 Å². The second-order valence-electron chi connectivity index (χ2n) is 5.91. The number of amides is 4. The zero-order valence-corrected chi connectivity index (χ0v) is 14.9. The maximum atomic E-state index is 13.1. The van der Waals surface area contributed by atoms with E-state index in [0.29, 0.717) is 4.90 Å². The number of urea groups is 1. The van der Waals surface area contributed by atoms with Crippen LogP contribution in [0, 0.1) is 5.92 Å². The lowest BCUT2D eigenvalue weighted by Gasteiger charge is -2.29. The molecule has 1 aliphatic rings. The van der Waals surface area contributed by atoms with E-state index >= 15 is 0 Å². The molecule has 1 fully saturated rings. The summed E-state index contributed by atoms with van der Waals surface area (Å²) in [6.45, 7) is 0. The number of methoxy groups -OCH3 is 1. The van der Waals surface area contributed by atoms with Crippen LogP contribution in [0.5, 0.6) is 5.75 Å². The lowest BCUT2D eigenvalue weighted by Crippen LogP contribution is -2.58. The molecule has 3 rings (SSSR count). The molecule has 4 amide bonds. The number of hydrogen-bond acceptors (Lipinski definition) is 5. The minimum absolute atomic E-state index is 0.0825. The van der Waals surface area contributed by atoms with Crippen LogP contribution in [-0.2, 0) is 15.8 Å². The Labute approximate surface area is 162 Å². The lowest BCUT2D eigenvalue weighted by atomic mass is 10.1. The normalized spacial score (nSPS) is 17.6. The first kappa shape index (κ1) is 20.1. The van der Waals surface area contributed by atoms with Gasteiger partial charge in [0, 0.05) is 6.21 Å². The zero-order chi connectivity index (χ0) is 21.2. The summed E-state index contributed by atoms with van der Waals surface area (Å²) in [6.07, 6.45) is -3.87. The van der Waals surface area contributed by atoms with Crippen molar-refractivity contribution < 1.29 is 32.3 Å². The molecule has 0 radical (unpaired) electrons. The first-order valence-corrected chi connectivity index (χ1v) is 8.26. The number of nitrogens with one attached hydrogen (secondary N) is 1. The van der Waals surface area contributed by atoms with E-state index in [0.717, 1.165) is 18.3 Å². The minimum atomic E-state index is -4.66. The first-order chi connectivity index (χ1) is 13.7. The molecule has 29 heavy (non-hydrogen) atoms. The van der Waals surface area contributed by atoms with E-state index < -0.39 is 41.2 Å². The molecule has 0 unspecified atom stereocenters. The smallest absolute Gasteiger partial charge is 0.418 e. The lowest BCUT2D eigenvalue weighted by molar-refractivity contribution is -0.137. The number of anilines is 1. The molecule has 1 N–H and O–H groups in total. The van der Waals surface area contributed by atoms with Crippen LogP contribution >= 0.6 is 0 Å². The molecule has 1 atom stereocenters. The van der Waals surface area contributed by atoms with E-state index in [1.807, 2.05) is 5.32 Å². The number of halogens is 3. The molecule has 0 saturated carbocycles. The Morgan fingerprint density at radius 1 is 1.07 bits per heavy atom. The molecule has 2 aromatic rings. The number of aliphatic imine (C=N–C) groups is 1. The molecule has 0 aliphatic carbocycles. The van der Waals surface area contributed by atoms with Gasteiger partial charge in [0.1, 0.15) is 5.75 Å². The summed E-state index contributed by atoms with van der Waals surface area (Å²) < 4.78 is 44.4. The number of imide groups is 2. The van der Waals surface area contributed by atoms with Gasteiger partial charge in [-0.05, 0) is 24.3 Å². The Kier molecular flexibility index (Phi) is 5.35. The molecule has 1 aliphatic heterocycles. The minimum Gasteiger partial charge on any atom is -0.495 e. The average molecular weight is 405 g/mol. The predicted molar refractivity (Wildman–Crippen MR) is 97.1 cm³/mol. The summed E-state index contributed by atoms with van der Waals surface area (Å²) in [5.41, 5.74) is -1.39. The molecule has 0 aromatic heterocycles. The van der Waals surface area contributed by atoms with Gasteiger partial charge in [0.05, 0.1) is 24.0 Å². The quantitative estimate of drug-likeness (QED) is 0.625. The van der Waals surface area contributed by atoms with Crippen molar-refractivity contribution >= 4 is 35.4 Å². The number of ether oxygens (including phenoxy) is 1. The van der Waals surface area contributed by atoms with Gasteiger partial charge >= 0.3 is 12.2 Å². The third-order valence-electron chi connectivity index (χ3n) is 4.10. The van der Waals surface area contributed by atoms with Gasteiger partial charge in [-0.15, -0.1) is 0 Å². The summed E-state index contributed by atoms with van der Waals surface area (Å²) in [7, 11) is 1.34. The van der Waals surface area contributed by atoms with Crippen LogP contribution in [0.1, 0.15) is 5.56 Å². The summed E-state index contributed by atoms with van der Waals surface area (Å²) in [5, 5.41) is 2.00. The number of barbiturate groups is 1. The second kappa shape index (κ2) is 7.74. The highest BCUT2D eigenvalue weighted by molar-refractivity contribution is 6.33. The van der Waals surface area contributed by atoms with Gasteiger partial charge < -0.3 is 4.74 Å². The zero-order valence-electron chi connectivity index (χ0n) is 14.9. The molecule has 7 nitrogen and oxygen atoms in total. The Hall–Kier alpha value is -3.69. The first-order valence-electron chi connectivity index (χ1n) is 8.26. The summed E-state index contributed by atoms with van der Waals surface area (Å²) in [4.78, 5) is 41.5. The van der Waals surface area contributed by atoms with Crippen LogP contribution in [0.15, 0.2) is 53.5 Å². The van der Waals surface area contributed by atoms with E-state index in [4.69, 9.17) is 4.74 Å². The fourth-order valence-corrected chi connectivity index (χ4v) is 2.75. The monoisotopic (exact) mass is 405 g/mol. The van der Waals surface area contributed by atoms with Crippen molar-refractivity contribution in [1.82, 2.24) is 5.32 Å². The van der Waals surface area contributed by atoms with Crippen molar-refractivity contribution in [3.63, 3.8) is 0 Å². The fraction of sp³-hybridized carbons (Fsp3) is 0.158. The van der Waals surface area contributed by atoms with Gasteiger partial charge in [-0.1, -0.05) is 24.3 Å². The SMILES string of the molecule is COc1ccccc1N1C(=O)NC(=O)[C@H](C=Nc2ccccc2C(F)(F)F)C1=O. The Bertz CT molecular complexity index is 1000. The maximum Gasteiger partial charge on any atom is 0.418 e. The maximum absolute atomic E-state index is 13.1. The topological polar surface area (TPSA) is 88.1 Å². The summed E-state index contributed by atoms with van der Waals surface area (Å²) >= 11 is 0. The summed E-state index contributed by atoms with van der Waals surface area (Å²) in [5.74, 6) is -3.35. The fourth-order valence-electron chi connectivity index (χ4n) is 2.75. The summed E-state index contributed by atoms with van der Waals surface area (Å²) in [6, 6.07) is 9.59. The van der Waals surface area contributed by atoms with Gasteiger partial charge in [0.25, 0.3) is 5.91 Å². The number of hydrogen-bond donors (Lipinski definition) is 1. The average Bonchev–Trinajstić information content (AvgIpc) is 2.67. The van der Waals surface area contributed by atoms with E-state index in [1.165, 1.54) is 31.4 Å². The van der Waals surface area contributed by atoms with E-state index in [-0.39, 0.29) is 11.4 Å². The number of nitrogens with zero attached hydrogens (tertiary/aromatic N) is 2. The third kappa shape index (κ3) is 3.96. The van der Waals surface area contributed by atoms with Crippen molar-refractivity contribution in [3.8, 4) is 5.75 Å². The molecular formula is C19H14F3N3O4. The standard InChI is InChI=1S/C19H14F3N3O4/c1-29-15-9-5-4-8-14(15)25-17(27)11(16(26)24-18(25)28)10-23-13-7-3-2-6-12(13)19(20,21)22/h2-11H,1H3,(H,24,26,28)/t11-/m0/s1. The second-order valence-corrected chi connectivity index (χ2v) is 5.91. The Balaban J connectivity index is 1.96. The van der Waals surface area contributed by atoms with Crippen molar-refractivity contribution in [2.24, 2.45) is 10.9 Å². The van der Waals surface area contributed by atoms with Gasteiger partial charge in [-0.3, -0.25) is 19.9 Å². The van der Waals surface area contributed by atoms with E-state index in [2.05, 4.69) is 4.99 Å². The Morgan fingerprint density at radius 2 is 1.72 bits per heavy atom. The number of rotatable bonds is 4. The highest BCUT2D eigenvalue weighted by Crippen LogP contribution is 2.36. The molecule has 1 heterocycles. The number of carbonyl (C=O) groups excluding carboxylic acids is 3. The highest BCUT2D eigenvalue weighted by atomic mass is 19.4. The van der Waals surface area contributed by atoms with Crippen molar-refractivity contribution in [2.45, 2.75) is 6.18 Å². The van der Waals surface area contributed by atoms with Crippen LogP contribution in [0.3, 0.4) is 0 Å². The number of benzene rings is 2. The molecular weight excluding hydrogens is 391 g/mol. The van der Waals surface area contributed by atoms with Crippen molar-refractivity contribution in [1.29, 1.82) is 0 Å². The van der Waals surface area contributed by atoms with Crippen LogP contribution in [-0.4, -0.2) is 31.2 Å². The van der Waals surface area contributed by atoms with Gasteiger partial charge in [-0.2, -0.15) is 13.2 Å². The Morgan fingerprint density at radius 3 is 2.41 bits per heavy atom. The largest absolute Gasteiger partial charge is 0.495 e. The van der Waals surface area contributed by atoms with Gasteiger partial charge in [0.15, 0.2) is 5.92 Å². The predicted octanol–water partition coefficient (Wildman–Crippen LogP) is 3.32. The van der Waals surface area contributed by atoms with Crippen molar-refractivity contribution in [2.75, 3.05) is 12.0 Å².